The summed E-state index contributed by atoms with van der Waals surface area (Å²) < 4.78 is 24.1. The topological polar surface area (TPSA) is 64.8 Å². The maximum absolute atomic E-state index is 11.3. The van der Waals surface area contributed by atoms with Gasteiger partial charge in [0.1, 0.15) is 0 Å². The highest BCUT2D eigenvalue weighted by Gasteiger charge is 2.22. The Bertz CT molecular complexity index is 622. The van der Waals surface area contributed by atoms with Crippen LogP contribution in [0.2, 0.25) is 0 Å². The highest BCUT2D eigenvalue weighted by atomic mass is 35.7. The first kappa shape index (κ1) is 12.1. The van der Waals surface area contributed by atoms with Crippen LogP contribution in [0.4, 0.5) is 0 Å². The molecular formula is C10H10ClN3O2S. The van der Waals surface area contributed by atoms with Gasteiger partial charge in [0.05, 0.1) is 0 Å². The monoisotopic (exact) mass is 271 g/mol. The highest BCUT2D eigenvalue weighted by Crippen LogP contribution is 2.21. The molecule has 0 aliphatic carbocycles. The van der Waals surface area contributed by atoms with Crippen molar-refractivity contribution >= 4 is 19.7 Å². The van der Waals surface area contributed by atoms with E-state index in [0.717, 1.165) is 5.56 Å². The highest BCUT2D eigenvalue weighted by molar-refractivity contribution is 8.13. The number of rotatable bonds is 3. The van der Waals surface area contributed by atoms with E-state index in [2.05, 4.69) is 10.2 Å². The summed E-state index contributed by atoms with van der Waals surface area (Å²) in [6.45, 7) is 2.24. The average molecular weight is 272 g/mol. The summed E-state index contributed by atoms with van der Waals surface area (Å²) in [5, 5.41) is 7.28. The molecule has 5 nitrogen and oxygen atoms in total. The Morgan fingerprint density at radius 2 is 1.88 bits per heavy atom. The minimum Gasteiger partial charge on any atom is -0.297 e. The van der Waals surface area contributed by atoms with Gasteiger partial charge in [-0.1, -0.05) is 30.3 Å². The van der Waals surface area contributed by atoms with Crippen LogP contribution in [-0.4, -0.2) is 23.2 Å². The molecule has 0 aliphatic heterocycles. The Morgan fingerprint density at radius 3 is 2.41 bits per heavy atom. The minimum atomic E-state index is -3.87. The molecule has 0 bridgehead atoms. The average Bonchev–Trinajstić information content (AvgIpc) is 2.73. The molecule has 1 aromatic heterocycles. The van der Waals surface area contributed by atoms with E-state index in [1.807, 2.05) is 30.3 Å². The van der Waals surface area contributed by atoms with Crippen LogP contribution in [0.5, 0.6) is 0 Å². The van der Waals surface area contributed by atoms with Crippen molar-refractivity contribution in [3.63, 3.8) is 0 Å². The lowest BCUT2D eigenvalue weighted by atomic mass is 10.2. The van der Waals surface area contributed by atoms with Gasteiger partial charge in [-0.3, -0.25) is 4.57 Å². The molecule has 0 N–H and O–H groups in total. The fourth-order valence-corrected chi connectivity index (χ4v) is 2.51. The quantitative estimate of drug-likeness (QED) is 0.800. The van der Waals surface area contributed by atoms with Gasteiger partial charge in [-0.05, 0) is 6.92 Å². The van der Waals surface area contributed by atoms with Gasteiger partial charge in [0.15, 0.2) is 5.82 Å². The van der Waals surface area contributed by atoms with Crippen LogP contribution in [0.1, 0.15) is 6.92 Å². The van der Waals surface area contributed by atoms with Crippen LogP contribution in [0.3, 0.4) is 0 Å². The molecule has 1 aromatic carbocycles. The van der Waals surface area contributed by atoms with Crippen molar-refractivity contribution in [2.75, 3.05) is 0 Å². The van der Waals surface area contributed by atoms with Gasteiger partial charge in [0, 0.05) is 22.8 Å². The first-order chi connectivity index (χ1) is 8.04. The molecular weight excluding hydrogens is 262 g/mol. The van der Waals surface area contributed by atoms with Crippen LogP contribution in [0.25, 0.3) is 11.4 Å². The van der Waals surface area contributed by atoms with Gasteiger partial charge < -0.3 is 0 Å². The Balaban J connectivity index is 2.62. The van der Waals surface area contributed by atoms with Crippen LogP contribution >= 0.6 is 10.7 Å². The second-order valence-electron chi connectivity index (χ2n) is 3.35. The SMILES string of the molecule is CCn1c(-c2ccccc2)nnc1S(=O)(=O)Cl. The number of hydrogen-bond donors (Lipinski definition) is 0. The lowest BCUT2D eigenvalue weighted by Crippen LogP contribution is -2.06. The molecule has 17 heavy (non-hydrogen) atoms. The third kappa shape index (κ3) is 2.32. The summed E-state index contributed by atoms with van der Waals surface area (Å²) in [6.07, 6.45) is 0. The number of hydrogen-bond acceptors (Lipinski definition) is 4. The first-order valence-electron chi connectivity index (χ1n) is 4.97. The predicted molar refractivity (Wildman–Crippen MR) is 64.2 cm³/mol. The fourth-order valence-electron chi connectivity index (χ4n) is 1.55. The smallest absolute Gasteiger partial charge is 0.296 e. The maximum Gasteiger partial charge on any atom is 0.296 e. The number of halogens is 1. The van der Waals surface area contributed by atoms with Crippen LogP contribution in [0.15, 0.2) is 35.5 Å². The van der Waals surface area contributed by atoms with Crippen molar-refractivity contribution in [1.29, 1.82) is 0 Å². The zero-order valence-electron chi connectivity index (χ0n) is 9.04. The Kier molecular flexibility index (Phi) is 3.17. The third-order valence-electron chi connectivity index (χ3n) is 2.28. The number of aromatic nitrogens is 3. The molecule has 0 spiro atoms. The molecule has 1 heterocycles. The van der Waals surface area contributed by atoms with Crippen molar-refractivity contribution < 1.29 is 8.42 Å². The molecule has 0 atom stereocenters. The second kappa shape index (κ2) is 4.46. The third-order valence-corrected chi connectivity index (χ3v) is 3.44. The van der Waals surface area contributed by atoms with E-state index in [-0.39, 0.29) is 5.16 Å². The lowest BCUT2D eigenvalue weighted by molar-refractivity contribution is 0.583. The molecule has 0 radical (unpaired) electrons. The standard InChI is InChI=1S/C10H10ClN3O2S/c1-2-14-9(8-6-4-3-5-7-8)12-13-10(14)17(11,15)16/h3-7H,2H2,1H3. The van der Waals surface area contributed by atoms with Gasteiger partial charge in [0.2, 0.25) is 0 Å². The zero-order valence-corrected chi connectivity index (χ0v) is 10.6. The molecule has 90 valence electrons. The summed E-state index contributed by atoms with van der Waals surface area (Å²) in [4.78, 5) is 0. The van der Waals surface area contributed by atoms with Gasteiger partial charge in [-0.2, -0.15) is 0 Å². The molecule has 2 aromatic rings. The minimum absolute atomic E-state index is 0.222. The number of benzene rings is 1. The molecule has 0 amide bonds. The summed E-state index contributed by atoms with van der Waals surface area (Å²) in [5.41, 5.74) is 0.799. The van der Waals surface area contributed by atoms with Crippen LogP contribution < -0.4 is 0 Å². The van der Waals surface area contributed by atoms with E-state index in [9.17, 15) is 8.42 Å². The van der Waals surface area contributed by atoms with E-state index in [0.29, 0.717) is 12.4 Å². The van der Waals surface area contributed by atoms with E-state index in [1.54, 1.807) is 6.92 Å². The van der Waals surface area contributed by atoms with Gasteiger partial charge in [-0.15, -0.1) is 10.2 Å². The largest absolute Gasteiger partial charge is 0.297 e. The van der Waals surface area contributed by atoms with Crippen molar-refractivity contribution in [2.45, 2.75) is 18.6 Å². The van der Waals surface area contributed by atoms with E-state index < -0.39 is 9.05 Å². The summed E-state index contributed by atoms with van der Waals surface area (Å²) in [7, 11) is 1.42. The maximum atomic E-state index is 11.3. The first-order valence-corrected chi connectivity index (χ1v) is 7.28. The fraction of sp³-hybridized carbons (Fsp3) is 0.200. The molecule has 0 saturated heterocycles. The lowest BCUT2D eigenvalue weighted by Gasteiger charge is -2.04. The van der Waals surface area contributed by atoms with E-state index in [4.69, 9.17) is 10.7 Å². The number of nitrogens with zero attached hydrogens (tertiary/aromatic N) is 3. The zero-order chi connectivity index (χ0) is 12.5. The Morgan fingerprint density at radius 1 is 1.24 bits per heavy atom. The molecule has 0 unspecified atom stereocenters. The van der Waals surface area contributed by atoms with Crippen molar-refractivity contribution in [2.24, 2.45) is 0 Å². The molecule has 0 aliphatic rings. The van der Waals surface area contributed by atoms with E-state index in [1.165, 1.54) is 4.57 Å². The van der Waals surface area contributed by atoms with Crippen molar-refractivity contribution in [3.8, 4) is 11.4 Å². The molecule has 0 saturated carbocycles. The summed E-state index contributed by atoms with van der Waals surface area (Å²) in [5.74, 6) is 0.493. The summed E-state index contributed by atoms with van der Waals surface area (Å²) in [6, 6.07) is 9.23. The predicted octanol–water partition coefficient (Wildman–Crippen LogP) is 1.89. The molecule has 7 heteroatoms. The molecule has 2 rings (SSSR count). The normalized spacial score (nSPS) is 11.6. The Labute approximate surface area is 103 Å². The second-order valence-corrected chi connectivity index (χ2v) is 5.81. The van der Waals surface area contributed by atoms with Crippen LogP contribution in [0, 0.1) is 0 Å². The molecule has 0 fully saturated rings. The Hall–Kier alpha value is -1.40. The summed E-state index contributed by atoms with van der Waals surface area (Å²) >= 11 is 0. The van der Waals surface area contributed by atoms with Crippen LogP contribution in [-0.2, 0) is 15.6 Å². The van der Waals surface area contributed by atoms with Gasteiger partial charge >= 0.3 is 0 Å². The van der Waals surface area contributed by atoms with E-state index >= 15 is 0 Å². The van der Waals surface area contributed by atoms with Gasteiger partial charge in [-0.25, -0.2) is 8.42 Å². The van der Waals surface area contributed by atoms with Crippen molar-refractivity contribution in [1.82, 2.24) is 14.8 Å². The van der Waals surface area contributed by atoms with Gasteiger partial charge in [0.25, 0.3) is 14.2 Å². The van der Waals surface area contributed by atoms with Crippen molar-refractivity contribution in [3.05, 3.63) is 30.3 Å².